The second-order valence-corrected chi connectivity index (χ2v) is 11.7. The van der Waals surface area contributed by atoms with Gasteiger partial charge in [-0.15, -0.1) is 0 Å². The van der Waals surface area contributed by atoms with Crippen LogP contribution in [0.25, 0.3) is 16.5 Å². The molecule has 0 amide bonds. The van der Waals surface area contributed by atoms with Crippen molar-refractivity contribution in [1.29, 1.82) is 0 Å². The maximum absolute atomic E-state index is 12.8. The third kappa shape index (κ3) is 6.86. The number of nitrogens with zero attached hydrogens (tertiary/aromatic N) is 2. The van der Waals surface area contributed by atoms with Gasteiger partial charge in [0.25, 0.3) is 0 Å². The molecule has 2 aliphatic heterocycles. The molecule has 0 saturated carbocycles. The number of rotatable bonds is 8. The van der Waals surface area contributed by atoms with Gasteiger partial charge in [-0.1, -0.05) is 40.9 Å². The average Bonchev–Trinajstić information content (AvgIpc) is 3.34. The predicted octanol–water partition coefficient (Wildman–Crippen LogP) is 7.83. The van der Waals surface area contributed by atoms with E-state index in [0.717, 1.165) is 80.4 Å². The maximum atomic E-state index is 12.8. The lowest BCUT2D eigenvalue weighted by atomic mass is 9.95. The van der Waals surface area contributed by atoms with E-state index in [0.29, 0.717) is 22.1 Å². The number of H-pyrrole nitrogens is 1. The van der Waals surface area contributed by atoms with Gasteiger partial charge in [0, 0.05) is 66.6 Å². The van der Waals surface area contributed by atoms with Crippen molar-refractivity contribution >= 4 is 51.3 Å². The Morgan fingerprint density at radius 1 is 0.930 bits per heavy atom. The number of fused-ring (bicyclic) bond motifs is 1. The summed E-state index contributed by atoms with van der Waals surface area (Å²) in [6.07, 6.45) is 3.70. The molecule has 3 aromatic carbocycles. The van der Waals surface area contributed by atoms with Crippen LogP contribution >= 0.6 is 23.2 Å². The van der Waals surface area contributed by atoms with E-state index in [1.165, 1.54) is 16.7 Å². The van der Waals surface area contributed by atoms with Crippen LogP contribution in [0, 0.1) is 0 Å². The number of aromatic amines is 1. The second kappa shape index (κ2) is 13.4. The van der Waals surface area contributed by atoms with Crippen molar-refractivity contribution < 1.29 is 19.0 Å². The normalized spacial score (nSPS) is 16.4. The van der Waals surface area contributed by atoms with E-state index >= 15 is 0 Å². The predicted molar refractivity (Wildman–Crippen MR) is 173 cm³/mol. The molecule has 1 aromatic heterocycles. The lowest BCUT2D eigenvalue weighted by Gasteiger charge is -2.37. The van der Waals surface area contributed by atoms with Crippen LogP contribution in [0.4, 0.5) is 5.69 Å². The molecule has 1 saturated heterocycles. The summed E-state index contributed by atoms with van der Waals surface area (Å²) < 4.78 is 17.5. The number of hydrogen-bond acceptors (Lipinski definition) is 6. The second-order valence-electron chi connectivity index (χ2n) is 10.8. The Bertz CT molecular complexity index is 1620. The number of carbonyl (C=O) groups is 1. The number of hydrogen-bond donors (Lipinski definition) is 1. The summed E-state index contributed by atoms with van der Waals surface area (Å²) in [4.78, 5) is 20.8. The molecule has 0 atom stereocenters. The summed E-state index contributed by atoms with van der Waals surface area (Å²) in [5.74, 6) is 0.481. The van der Waals surface area contributed by atoms with Gasteiger partial charge in [0.15, 0.2) is 0 Å². The number of piperazine rings is 1. The van der Waals surface area contributed by atoms with Gasteiger partial charge in [0.1, 0.15) is 17.1 Å². The molecule has 2 aliphatic rings. The lowest BCUT2D eigenvalue weighted by Crippen LogP contribution is -2.47. The number of nitrogens with one attached hydrogen (secondary N) is 1. The van der Waals surface area contributed by atoms with E-state index in [1.54, 1.807) is 13.0 Å². The zero-order valence-electron chi connectivity index (χ0n) is 24.2. The minimum Gasteiger partial charge on any atom is -0.462 e. The van der Waals surface area contributed by atoms with Crippen LogP contribution in [-0.4, -0.2) is 68.4 Å². The number of benzene rings is 3. The first kappa shape index (κ1) is 29.6. The molecule has 224 valence electrons. The van der Waals surface area contributed by atoms with E-state index < -0.39 is 5.97 Å². The summed E-state index contributed by atoms with van der Waals surface area (Å²) in [6.45, 7) is 8.04. The topological polar surface area (TPSA) is 67.0 Å². The van der Waals surface area contributed by atoms with Crippen LogP contribution < -0.4 is 9.64 Å². The molecule has 0 aliphatic carbocycles. The minimum atomic E-state index is -0.426. The van der Waals surface area contributed by atoms with Gasteiger partial charge in [-0.25, -0.2) is 4.79 Å². The molecule has 0 bridgehead atoms. The fourth-order valence-corrected chi connectivity index (χ4v) is 6.16. The standard InChI is InChI=1S/C34H35Cl2N3O4/c1-2-42-34(40)29-8-7-27(20-32(29)43-33-19-24-9-12-37-31(24)21-30(33)36)39-15-13-38(14-16-39)22-25-10-17-41-18-11-28(25)23-3-5-26(35)6-4-23/h3-9,12,19-21,37H,2,10-11,13-18,22H2,1H3. The first-order valence-electron chi connectivity index (χ1n) is 14.8. The molecule has 43 heavy (non-hydrogen) atoms. The van der Waals surface area contributed by atoms with Crippen molar-refractivity contribution in [2.45, 2.75) is 19.8 Å². The molecule has 1 fully saturated rings. The van der Waals surface area contributed by atoms with E-state index in [1.807, 2.05) is 48.7 Å². The lowest BCUT2D eigenvalue weighted by molar-refractivity contribution is 0.0523. The Hall–Kier alpha value is -3.49. The zero-order valence-corrected chi connectivity index (χ0v) is 25.7. The fraction of sp³-hybridized carbons (Fsp3) is 0.324. The van der Waals surface area contributed by atoms with Gasteiger partial charge in [-0.3, -0.25) is 4.90 Å². The highest BCUT2D eigenvalue weighted by atomic mass is 35.5. The Balaban J connectivity index is 1.19. The zero-order chi connectivity index (χ0) is 29.8. The SMILES string of the molecule is CCOC(=O)c1ccc(N2CCN(CC3=C(c4ccc(Cl)cc4)CCOCC3)CC2)cc1Oc1cc2cc[nH]c2cc1Cl. The largest absolute Gasteiger partial charge is 0.462 e. The fourth-order valence-electron chi connectivity index (χ4n) is 5.83. The molecule has 0 radical (unpaired) electrons. The molecular weight excluding hydrogens is 585 g/mol. The Morgan fingerprint density at radius 3 is 2.51 bits per heavy atom. The van der Waals surface area contributed by atoms with Gasteiger partial charge in [0.05, 0.1) is 24.8 Å². The van der Waals surface area contributed by atoms with Gasteiger partial charge in [-0.05, 0) is 73.4 Å². The van der Waals surface area contributed by atoms with E-state index in [-0.39, 0.29) is 6.61 Å². The Morgan fingerprint density at radius 2 is 1.72 bits per heavy atom. The number of halogens is 2. The van der Waals surface area contributed by atoms with E-state index in [2.05, 4.69) is 26.9 Å². The van der Waals surface area contributed by atoms with E-state index in [9.17, 15) is 4.79 Å². The highest BCUT2D eigenvalue weighted by molar-refractivity contribution is 6.32. The summed E-state index contributed by atoms with van der Waals surface area (Å²) in [5.41, 5.74) is 6.33. The highest BCUT2D eigenvalue weighted by Crippen LogP contribution is 2.37. The Kier molecular flexibility index (Phi) is 9.24. The molecule has 0 spiro atoms. The summed E-state index contributed by atoms with van der Waals surface area (Å²) in [6, 6.07) is 19.5. The molecule has 9 heteroatoms. The third-order valence-electron chi connectivity index (χ3n) is 8.10. The molecule has 6 rings (SSSR count). The van der Waals surface area contributed by atoms with Crippen molar-refractivity contribution in [3.8, 4) is 11.5 Å². The summed E-state index contributed by atoms with van der Waals surface area (Å²) in [7, 11) is 0. The van der Waals surface area contributed by atoms with Gasteiger partial charge in [-0.2, -0.15) is 0 Å². The van der Waals surface area contributed by atoms with E-state index in [4.69, 9.17) is 37.4 Å². The van der Waals surface area contributed by atoms with Crippen molar-refractivity contribution in [3.05, 3.63) is 93.6 Å². The maximum Gasteiger partial charge on any atom is 0.341 e. The van der Waals surface area contributed by atoms with Crippen molar-refractivity contribution in [3.63, 3.8) is 0 Å². The quantitative estimate of drug-likeness (QED) is 0.203. The molecule has 3 heterocycles. The molecule has 1 N–H and O–H groups in total. The van der Waals surface area contributed by atoms with Crippen molar-refractivity contribution in [2.24, 2.45) is 0 Å². The van der Waals surface area contributed by atoms with Crippen LogP contribution in [0.15, 0.2) is 72.4 Å². The number of esters is 1. The van der Waals surface area contributed by atoms with Gasteiger partial charge in [0.2, 0.25) is 0 Å². The highest BCUT2D eigenvalue weighted by Gasteiger charge is 2.23. The molecule has 0 unspecified atom stereocenters. The van der Waals surface area contributed by atoms with Gasteiger partial charge >= 0.3 is 5.97 Å². The van der Waals surface area contributed by atoms with Gasteiger partial charge < -0.3 is 24.1 Å². The minimum absolute atomic E-state index is 0.278. The monoisotopic (exact) mass is 619 g/mol. The molecule has 4 aromatic rings. The number of aromatic nitrogens is 1. The first-order chi connectivity index (χ1) is 21.0. The Labute approximate surface area is 261 Å². The van der Waals surface area contributed by atoms with Crippen molar-refractivity contribution in [1.82, 2.24) is 9.88 Å². The molecular formula is C34H35Cl2N3O4. The number of carbonyl (C=O) groups excluding carboxylic acids is 1. The smallest absolute Gasteiger partial charge is 0.341 e. The van der Waals surface area contributed by atoms with Crippen LogP contribution in [-0.2, 0) is 9.47 Å². The molecule has 7 nitrogen and oxygen atoms in total. The number of anilines is 1. The van der Waals surface area contributed by atoms with Crippen molar-refractivity contribution in [2.75, 3.05) is 57.4 Å². The van der Waals surface area contributed by atoms with Crippen LogP contribution in [0.5, 0.6) is 11.5 Å². The van der Waals surface area contributed by atoms with Crippen LogP contribution in [0.3, 0.4) is 0 Å². The van der Waals surface area contributed by atoms with Crippen LogP contribution in [0.2, 0.25) is 10.0 Å². The summed E-state index contributed by atoms with van der Waals surface area (Å²) >= 11 is 12.7. The first-order valence-corrected chi connectivity index (χ1v) is 15.5. The number of ether oxygens (including phenoxy) is 3. The average molecular weight is 621 g/mol. The third-order valence-corrected chi connectivity index (χ3v) is 8.65. The van der Waals surface area contributed by atoms with Crippen LogP contribution in [0.1, 0.15) is 35.7 Å². The summed E-state index contributed by atoms with van der Waals surface area (Å²) in [5, 5.41) is 2.18.